The van der Waals surface area contributed by atoms with Crippen LogP contribution in [0.5, 0.6) is 0 Å². The molecule has 0 bridgehead atoms. The van der Waals surface area contributed by atoms with Crippen LogP contribution in [-0.4, -0.2) is 11.1 Å². The van der Waals surface area contributed by atoms with Gasteiger partial charge in [-0.3, -0.25) is 0 Å². The van der Waals surface area contributed by atoms with E-state index in [9.17, 15) is 0 Å². The van der Waals surface area contributed by atoms with Gasteiger partial charge in [0.25, 0.3) is 0 Å². The second kappa shape index (κ2) is 17.2. The molecule has 390 valence electrons. The molecule has 2 nitrogen and oxygen atoms in total. The Bertz CT molecular complexity index is 4230. The second-order valence-electron chi connectivity index (χ2n) is 25.4. The van der Waals surface area contributed by atoms with Crippen LogP contribution in [0.25, 0.3) is 98.4 Å². The molecule has 4 atom stereocenters. The zero-order chi connectivity index (χ0) is 53.9. The molecule has 2 fully saturated rings. The van der Waals surface area contributed by atoms with Crippen LogP contribution in [0.1, 0.15) is 101 Å². The van der Waals surface area contributed by atoms with Crippen LogP contribution in [0.2, 0.25) is 0 Å². The van der Waals surface area contributed by atoms with Gasteiger partial charge in [0, 0.05) is 33.6 Å². The molecule has 4 aliphatic rings. The lowest BCUT2D eigenvalue weighted by atomic mass is 9.61. The summed E-state index contributed by atoms with van der Waals surface area (Å²) in [6.07, 6.45) is 9.67. The molecule has 0 N–H and O–H groups in total. The molecule has 0 saturated heterocycles. The van der Waals surface area contributed by atoms with Crippen molar-refractivity contribution in [3.05, 3.63) is 229 Å². The highest BCUT2D eigenvalue weighted by Crippen LogP contribution is 2.64. The Morgan fingerprint density at radius 2 is 0.650 bits per heavy atom. The number of anilines is 4. The highest BCUT2D eigenvalue weighted by Gasteiger charge is 2.59. The Morgan fingerprint density at radius 3 is 1.06 bits per heavy atom. The van der Waals surface area contributed by atoms with Gasteiger partial charge in [-0.05, 0) is 235 Å². The molecule has 16 rings (SSSR count). The van der Waals surface area contributed by atoms with Crippen molar-refractivity contribution in [3.8, 4) is 44.5 Å². The molecule has 2 heteroatoms. The number of hydrogen-bond donors (Lipinski definition) is 0. The van der Waals surface area contributed by atoms with Gasteiger partial charge in [-0.25, -0.2) is 0 Å². The fourth-order valence-corrected chi connectivity index (χ4v) is 17.1. The van der Waals surface area contributed by atoms with Crippen LogP contribution in [0.15, 0.2) is 206 Å². The van der Waals surface area contributed by atoms with Crippen molar-refractivity contribution in [1.29, 1.82) is 0 Å². The van der Waals surface area contributed by atoms with E-state index in [-0.39, 0.29) is 21.9 Å². The minimum Gasteiger partial charge on any atom is -0.334 e. The number of nitrogens with zero attached hydrogens (tertiary/aromatic N) is 2. The van der Waals surface area contributed by atoms with Crippen LogP contribution in [0, 0.1) is 13.8 Å². The third kappa shape index (κ3) is 6.37. The molecule has 4 unspecified atom stereocenters. The first-order chi connectivity index (χ1) is 39.0. The van der Waals surface area contributed by atoms with E-state index in [1.54, 1.807) is 0 Å². The van der Waals surface area contributed by atoms with Crippen molar-refractivity contribution in [2.45, 2.75) is 115 Å². The second-order valence-corrected chi connectivity index (χ2v) is 25.4. The number of benzene rings is 12. The van der Waals surface area contributed by atoms with Crippen LogP contribution >= 0.6 is 0 Å². The van der Waals surface area contributed by atoms with E-state index in [1.807, 2.05) is 0 Å². The summed E-state index contributed by atoms with van der Waals surface area (Å²) in [5.74, 6) is 0. The zero-order valence-electron chi connectivity index (χ0n) is 47.2. The summed E-state index contributed by atoms with van der Waals surface area (Å²) >= 11 is 0. The van der Waals surface area contributed by atoms with Gasteiger partial charge in [0.2, 0.25) is 0 Å². The summed E-state index contributed by atoms with van der Waals surface area (Å²) in [6, 6.07) is 79.9. The monoisotopic (exact) mass is 1030 g/mol. The Labute approximate surface area is 471 Å². The summed E-state index contributed by atoms with van der Waals surface area (Å²) in [6.45, 7) is 15.1. The highest BCUT2D eigenvalue weighted by molar-refractivity contribution is 6.33. The van der Waals surface area contributed by atoms with Crippen molar-refractivity contribution in [2.24, 2.45) is 0 Å². The molecule has 0 radical (unpaired) electrons. The van der Waals surface area contributed by atoms with Gasteiger partial charge in [0.15, 0.2) is 0 Å². The van der Waals surface area contributed by atoms with Crippen LogP contribution in [0.3, 0.4) is 0 Å². The molecular formula is C78H68N2. The lowest BCUT2D eigenvalue weighted by molar-refractivity contribution is 0.195. The normalized spacial score (nSPS) is 22.4. The van der Waals surface area contributed by atoms with E-state index in [1.165, 1.54) is 195 Å². The average Bonchev–Trinajstić information content (AvgIpc) is 4.05. The van der Waals surface area contributed by atoms with E-state index in [0.29, 0.717) is 0 Å². The van der Waals surface area contributed by atoms with E-state index >= 15 is 0 Å². The Hall–Kier alpha value is -8.20. The number of aryl methyl sites for hydroxylation is 2. The standard InChI is InChI=1S/C78H68N2/c1-49-43-71-69(75(3)39-17-19-41-77(75,5)79(71)53-27-9-7-10-28-53)47-63(49)67-45-65(57-33-21-25-51-23-13-15-31-55(51)57)59-36-38-62-68(46-66(60-35-37-61(67)73(59)74(60)62)58-34-22-26-52-24-14-16-32-56(52)58)64-48-70-72(44-50(64)2)80(54-29-11-8-12-30-54)78(6)42-20-18-40-76(70,78)4/h7-16,21-38,43-48H,17-20,39-42H2,1-6H3. The summed E-state index contributed by atoms with van der Waals surface area (Å²) in [5, 5.41) is 13.0. The number of rotatable bonds is 6. The highest BCUT2D eigenvalue weighted by atomic mass is 15.3. The molecule has 0 amide bonds. The lowest BCUT2D eigenvalue weighted by Gasteiger charge is -2.50. The first-order valence-electron chi connectivity index (χ1n) is 29.8. The third-order valence-electron chi connectivity index (χ3n) is 21.6. The van der Waals surface area contributed by atoms with Crippen molar-refractivity contribution in [2.75, 3.05) is 9.80 Å². The predicted octanol–water partition coefficient (Wildman–Crippen LogP) is 21.7. The molecule has 0 aromatic heterocycles. The van der Waals surface area contributed by atoms with E-state index in [2.05, 4.69) is 258 Å². The van der Waals surface area contributed by atoms with Crippen LogP contribution in [0.4, 0.5) is 22.7 Å². The Morgan fingerprint density at radius 1 is 0.300 bits per heavy atom. The molecule has 12 aromatic carbocycles. The number of para-hydroxylation sites is 2. The van der Waals surface area contributed by atoms with Crippen LogP contribution < -0.4 is 9.80 Å². The summed E-state index contributed by atoms with van der Waals surface area (Å²) in [7, 11) is 0. The van der Waals surface area contributed by atoms with Gasteiger partial charge in [-0.2, -0.15) is 0 Å². The number of fused-ring (bicyclic) bond motifs is 8. The fraction of sp³-hybridized carbons (Fsp3) is 0.231. The van der Waals surface area contributed by atoms with Crippen molar-refractivity contribution in [1.82, 2.24) is 0 Å². The fourth-order valence-electron chi connectivity index (χ4n) is 17.1. The summed E-state index contributed by atoms with van der Waals surface area (Å²) in [5.41, 5.74) is 21.2. The van der Waals surface area contributed by atoms with Gasteiger partial charge in [0.1, 0.15) is 0 Å². The minimum atomic E-state index is -0.0479. The average molecular weight is 1030 g/mol. The maximum atomic E-state index is 2.73. The number of hydrogen-bond acceptors (Lipinski definition) is 2. The van der Waals surface area contributed by atoms with E-state index in [0.717, 1.165) is 0 Å². The molecule has 0 spiro atoms. The van der Waals surface area contributed by atoms with Gasteiger partial charge in [-0.15, -0.1) is 0 Å². The summed E-state index contributed by atoms with van der Waals surface area (Å²) in [4.78, 5) is 5.46. The third-order valence-corrected chi connectivity index (χ3v) is 21.6. The quantitative estimate of drug-likeness (QED) is 0.153. The minimum absolute atomic E-state index is 0.0264. The molecular weight excluding hydrogens is 965 g/mol. The van der Waals surface area contributed by atoms with Gasteiger partial charge >= 0.3 is 0 Å². The molecule has 2 aliphatic heterocycles. The van der Waals surface area contributed by atoms with Gasteiger partial charge < -0.3 is 9.80 Å². The maximum Gasteiger partial charge on any atom is 0.0517 e. The van der Waals surface area contributed by atoms with Gasteiger partial charge in [0.05, 0.1) is 11.1 Å². The zero-order valence-corrected chi connectivity index (χ0v) is 47.2. The maximum absolute atomic E-state index is 2.73. The Balaban J connectivity index is 1.02. The molecule has 2 saturated carbocycles. The van der Waals surface area contributed by atoms with Crippen molar-refractivity contribution >= 4 is 76.6 Å². The molecule has 2 aliphatic carbocycles. The van der Waals surface area contributed by atoms with Crippen LogP contribution in [-0.2, 0) is 10.8 Å². The molecule has 12 aromatic rings. The topological polar surface area (TPSA) is 6.48 Å². The van der Waals surface area contributed by atoms with Gasteiger partial charge in [-0.1, -0.05) is 185 Å². The molecule has 2 heterocycles. The summed E-state index contributed by atoms with van der Waals surface area (Å²) < 4.78 is 0. The Kier molecular flexibility index (Phi) is 10.2. The lowest BCUT2D eigenvalue weighted by Crippen LogP contribution is -2.54. The smallest absolute Gasteiger partial charge is 0.0517 e. The van der Waals surface area contributed by atoms with Crippen molar-refractivity contribution in [3.63, 3.8) is 0 Å². The first kappa shape index (κ1) is 47.8. The SMILES string of the molecule is Cc1cc2c(cc1-c1cc(-c3cccc4ccccc34)c3ccc4c(-c5cc6c(cc5C)N(c5ccccc5)C5(C)CCCCC65C)cc(-c5cccc6ccccc56)c5ccc1c3c45)C1(C)CCCCC1(C)N2c1ccccc1. The first-order valence-corrected chi connectivity index (χ1v) is 29.8. The van der Waals surface area contributed by atoms with Crippen molar-refractivity contribution < 1.29 is 0 Å². The predicted molar refractivity (Wildman–Crippen MR) is 342 cm³/mol. The largest absolute Gasteiger partial charge is 0.334 e. The van der Waals surface area contributed by atoms with E-state index < -0.39 is 0 Å². The molecule has 80 heavy (non-hydrogen) atoms. The van der Waals surface area contributed by atoms with E-state index in [4.69, 9.17) is 0 Å².